The van der Waals surface area contributed by atoms with E-state index in [1.165, 1.54) is 12.3 Å². The summed E-state index contributed by atoms with van der Waals surface area (Å²) in [6.45, 7) is 3.99. The third-order valence-electron chi connectivity index (χ3n) is 3.40. The van der Waals surface area contributed by atoms with Crippen LogP contribution < -0.4 is 5.32 Å². The molecule has 0 aliphatic heterocycles. The van der Waals surface area contributed by atoms with Gasteiger partial charge in [0.2, 0.25) is 0 Å². The first-order chi connectivity index (χ1) is 10.5. The van der Waals surface area contributed by atoms with Gasteiger partial charge in [-0.25, -0.2) is 9.37 Å². The SMILES string of the molecule is CC(C)C(CCO)NC(=O)c1cnc(-c2ccccc2F)s1. The van der Waals surface area contributed by atoms with Gasteiger partial charge in [-0.2, -0.15) is 0 Å². The molecule has 0 radical (unpaired) electrons. The number of aliphatic hydroxyl groups excluding tert-OH is 1. The van der Waals surface area contributed by atoms with E-state index in [0.29, 0.717) is 21.9 Å². The lowest BCUT2D eigenvalue weighted by atomic mass is 10.0. The number of hydrogen-bond acceptors (Lipinski definition) is 4. The zero-order valence-corrected chi connectivity index (χ0v) is 13.4. The minimum absolute atomic E-state index is 0.0201. The van der Waals surface area contributed by atoms with Crippen LogP contribution in [0.1, 0.15) is 29.9 Å². The van der Waals surface area contributed by atoms with Gasteiger partial charge in [-0.1, -0.05) is 26.0 Å². The standard InChI is InChI=1S/C16H19FN2O2S/c1-10(2)13(7-8-20)19-15(21)14-9-18-16(22-14)11-5-3-4-6-12(11)17/h3-6,9-10,13,20H,7-8H2,1-2H3,(H,19,21). The van der Waals surface area contributed by atoms with Crippen molar-refractivity contribution in [2.75, 3.05) is 6.61 Å². The maximum Gasteiger partial charge on any atom is 0.263 e. The monoisotopic (exact) mass is 322 g/mol. The molecule has 0 aliphatic carbocycles. The number of benzene rings is 1. The minimum Gasteiger partial charge on any atom is -0.396 e. The molecule has 2 rings (SSSR count). The second-order valence-corrected chi connectivity index (χ2v) is 6.38. The molecule has 1 aromatic carbocycles. The Morgan fingerprint density at radius 3 is 2.77 bits per heavy atom. The number of carbonyl (C=O) groups excluding carboxylic acids is 1. The molecule has 0 bridgehead atoms. The summed E-state index contributed by atoms with van der Waals surface area (Å²) in [6, 6.07) is 6.25. The van der Waals surface area contributed by atoms with Crippen LogP contribution in [0.15, 0.2) is 30.5 Å². The van der Waals surface area contributed by atoms with Crippen molar-refractivity contribution in [2.24, 2.45) is 5.92 Å². The average molecular weight is 322 g/mol. The number of hydrogen-bond donors (Lipinski definition) is 2. The summed E-state index contributed by atoms with van der Waals surface area (Å²) < 4.78 is 13.7. The maximum atomic E-state index is 13.7. The van der Waals surface area contributed by atoms with E-state index in [-0.39, 0.29) is 30.3 Å². The van der Waals surface area contributed by atoms with Gasteiger partial charge in [-0.3, -0.25) is 4.79 Å². The molecule has 2 aromatic rings. The van der Waals surface area contributed by atoms with E-state index in [2.05, 4.69) is 10.3 Å². The molecule has 1 amide bonds. The molecular formula is C16H19FN2O2S. The first-order valence-electron chi connectivity index (χ1n) is 7.15. The van der Waals surface area contributed by atoms with Crippen LogP contribution in [0.5, 0.6) is 0 Å². The highest BCUT2D eigenvalue weighted by atomic mass is 32.1. The zero-order valence-electron chi connectivity index (χ0n) is 12.5. The quantitative estimate of drug-likeness (QED) is 0.859. The molecular weight excluding hydrogens is 303 g/mol. The molecule has 2 N–H and O–H groups in total. The Labute approximate surface area is 133 Å². The Morgan fingerprint density at radius 1 is 1.41 bits per heavy atom. The second kappa shape index (κ2) is 7.47. The lowest BCUT2D eigenvalue weighted by Gasteiger charge is -2.20. The fourth-order valence-electron chi connectivity index (χ4n) is 2.09. The van der Waals surface area contributed by atoms with Crippen LogP contribution in [0.4, 0.5) is 4.39 Å². The van der Waals surface area contributed by atoms with Crippen molar-refractivity contribution >= 4 is 17.2 Å². The Hall–Kier alpha value is -1.79. The Bertz CT molecular complexity index is 643. The van der Waals surface area contributed by atoms with Crippen LogP contribution in [-0.4, -0.2) is 28.6 Å². The summed E-state index contributed by atoms with van der Waals surface area (Å²) in [4.78, 5) is 16.8. The zero-order chi connectivity index (χ0) is 16.1. The number of thiazole rings is 1. The normalized spacial score (nSPS) is 12.4. The second-order valence-electron chi connectivity index (χ2n) is 5.35. The fourth-order valence-corrected chi connectivity index (χ4v) is 2.94. The summed E-state index contributed by atoms with van der Waals surface area (Å²) in [5, 5.41) is 12.4. The fraction of sp³-hybridized carbons (Fsp3) is 0.375. The van der Waals surface area contributed by atoms with Gasteiger partial charge in [-0.05, 0) is 24.5 Å². The predicted molar refractivity (Wildman–Crippen MR) is 85.3 cm³/mol. The molecule has 22 heavy (non-hydrogen) atoms. The van der Waals surface area contributed by atoms with Crippen LogP contribution in [0.25, 0.3) is 10.6 Å². The van der Waals surface area contributed by atoms with Crippen LogP contribution in [-0.2, 0) is 0 Å². The molecule has 6 heteroatoms. The van der Waals surface area contributed by atoms with Crippen LogP contribution >= 0.6 is 11.3 Å². The molecule has 0 saturated carbocycles. The summed E-state index contributed by atoms with van der Waals surface area (Å²) in [5.74, 6) is -0.383. The number of carbonyl (C=O) groups is 1. The molecule has 0 spiro atoms. The van der Waals surface area contributed by atoms with E-state index >= 15 is 0 Å². The van der Waals surface area contributed by atoms with Gasteiger partial charge in [0.25, 0.3) is 5.91 Å². The van der Waals surface area contributed by atoms with Gasteiger partial charge in [-0.15, -0.1) is 11.3 Å². The van der Waals surface area contributed by atoms with Gasteiger partial charge < -0.3 is 10.4 Å². The third kappa shape index (κ3) is 3.90. The summed E-state index contributed by atoms with van der Waals surface area (Å²) in [5.41, 5.74) is 0.391. The van der Waals surface area contributed by atoms with Crippen molar-refractivity contribution in [1.29, 1.82) is 0 Å². The number of rotatable bonds is 6. The predicted octanol–water partition coefficient (Wildman–Crippen LogP) is 3.09. The third-order valence-corrected chi connectivity index (χ3v) is 4.42. The summed E-state index contributed by atoms with van der Waals surface area (Å²) in [7, 11) is 0. The minimum atomic E-state index is -0.357. The summed E-state index contributed by atoms with van der Waals surface area (Å²) >= 11 is 1.15. The number of halogens is 1. The lowest BCUT2D eigenvalue weighted by Crippen LogP contribution is -2.38. The van der Waals surface area contributed by atoms with E-state index in [4.69, 9.17) is 5.11 Å². The Morgan fingerprint density at radius 2 is 2.14 bits per heavy atom. The molecule has 4 nitrogen and oxygen atoms in total. The van der Waals surface area contributed by atoms with Crippen LogP contribution in [0.3, 0.4) is 0 Å². The van der Waals surface area contributed by atoms with Gasteiger partial charge in [0.15, 0.2) is 0 Å². The van der Waals surface area contributed by atoms with Crippen molar-refractivity contribution in [3.05, 3.63) is 41.2 Å². The number of amides is 1. The van der Waals surface area contributed by atoms with Crippen molar-refractivity contribution in [3.63, 3.8) is 0 Å². The first-order valence-corrected chi connectivity index (χ1v) is 7.97. The average Bonchev–Trinajstić information content (AvgIpc) is 2.96. The van der Waals surface area contributed by atoms with Crippen molar-refractivity contribution in [2.45, 2.75) is 26.3 Å². The molecule has 1 atom stereocenters. The topological polar surface area (TPSA) is 62.2 Å². The molecule has 0 fully saturated rings. The molecule has 1 unspecified atom stereocenters. The van der Waals surface area contributed by atoms with Gasteiger partial charge >= 0.3 is 0 Å². The van der Waals surface area contributed by atoms with Crippen LogP contribution in [0.2, 0.25) is 0 Å². The summed E-state index contributed by atoms with van der Waals surface area (Å²) in [6.07, 6.45) is 1.96. The van der Waals surface area contributed by atoms with E-state index in [0.717, 1.165) is 11.3 Å². The van der Waals surface area contributed by atoms with Crippen LogP contribution in [0, 0.1) is 11.7 Å². The maximum absolute atomic E-state index is 13.7. The van der Waals surface area contributed by atoms with Gasteiger partial charge in [0, 0.05) is 18.2 Å². The Balaban J connectivity index is 2.14. The number of nitrogens with zero attached hydrogens (tertiary/aromatic N) is 1. The Kier molecular flexibility index (Phi) is 5.63. The smallest absolute Gasteiger partial charge is 0.263 e. The van der Waals surface area contributed by atoms with Crippen molar-refractivity contribution in [3.8, 4) is 10.6 Å². The lowest BCUT2D eigenvalue weighted by molar-refractivity contribution is 0.0920. The largest absolute Gasteiger partial charge is 0.396 e. The number of nitrogens with one attached hydrogen (secondary N) is 1. The first kappa shape index (κ1) is 16.6. The highest BCUT2D eigenvalue weighted by Gasteiger charge is 2.19. The van der Waals surface area contributed by atoms with E-state index < -0.39 is 0 Å². The molecule has 1 heterocycles. The molecule has 0 saturated heterocycles. The molecule has 118 valence electrons. The van der Waals surface area contributed by atoms with E-state index in [1.54, 1.807) is 18.2 Å². The number of aromatic nitrogens is 1. The highest BCUT2D eigenvalue weighted by Crippen LogP contribution is 2.27. The van der Waals surface area contributed by atoms with E-state index in [9.17, 15) is 9.18 Å². The van der Waals surface area contributed by atoms with Crippen molar-refractivity contribution < 1.29 is 14.3 Å². The molecule has 0 aliphatic rings. The van der Waals surface area contributed by atoms with Gasteiger partial charge in [0.1, 0.15) is 15.7 Å². The molecule has 1 aromatic heterocycles. The van der Waals surface area contributed by atoms with E-state index in [1.807, 2.05) is 13.8 Å². The number of aliphatic hydroxyl groups is 1. The van der Waals surface area contributed by atoms with Gasteiger partial charge in [0.05, 0.1) is 6.20 Å². The van der Waals surface area contributed by atoms with Crippen molar-refractivity contribution in [1.82, 2.24) is 10.3 Å². The highest BCUT2D eigenvalue weighted by molar-refractivity contribution is 7.16.